The van der Waals surface area contributed by atoms with Crippen LogP contribution < -0.4 is 0 Å². The molecule has 440 valence electrons. The molecule has 0 aromatic rings. The van der Waals surface area contributed by atoms with Crippen molar-refractivity contribution in [2.45, 2.75) is 277 Å². The molecule has 0 aromatic heterocycles. The van der Waals surface area contributed by atoms with E-state index in [0.29, 0.717) is 19.3 Å². The van der Waals surface area contributed by atoms with Crippen molar-refractivity contribution in [3.8, 4) is 0 Å². The average Bonchev–Trinajstić information content (AvgIpc) is 3.44. The molecule has 1 atom stereocenters. The molecule has 0 spiro atoms. The monoisotopic (exact) mass is 1080 g/mol. The Morgan fingerprint density at radius 2 is 0.500 bits per heavy atom. The summed E-state index contributed by atoms with van der Waals surface area (Å²) in [6.07, 6.45) is 93.2. The zero-order valence-electron chi connectivity index (χ0n) is 50.4. The van der Waals surface area contributed by atoms with Gasteiger partial charge < -0.3 is 14.2 Å². The normalized spacial score (nSPS) is 13.1. The minimum Gasteiger partial charge on any atom is -0.462 e. The lowest BCUT2D eigenvalue weighted by atomic mass is 10.1. The first kappa shape index (κ1) is 73.3. The topological polar surface area (TPSA) is 78.9 Å². The van der Waals surface area contributed by atoms with E-state index in [1.807, 2.05) is 0 Å². The summed E-state index contributed by atoms with van der Waals surface area (Å²) in [5, 5.41) is 0. The van der Waals surface area contributed by atoms with Gasteiger partial charge in [-0.2, -0.15) is 0 Å². The zero-order valence-corrected chi connectivity index (χ0v) is 50.4. The third-order valence-corrected chi connectivity index (χ3v) is 13.1. The molecular formula is C72H116O6. The van der Waals surface area contributed by atoms with Gasteiger partial charge in [0, 0.05) is 19.3 Å². The minimum absolute atomic E-state index is 0.0882. The molecule has 0 amide bonds. The first-order chi connectivity index (χ1) is 38.5. The maximum absolute atomic E-state index is 12.8. The predicted molar refractivity (Wildman–Crippen MR) is 339 cm³/mol. The molecule has 6 nitrogen and oxygen atoms in total. The van der Waals surface area contributed by atoms with E-state index in [0.717, 1.165) is 154 Å². The van der Waals surface area contributed by atoms with Crippen LogP contribution in [-0.4, -0.2) is 37.2 Å². The lowest BCUT2D eigenvalue weighted by molar-refractivity contribution is -0.167. The van der Waals surface area contributed by atoms with E-state index in [1.165, 1.54) is 77.0 Å². The smallest absolute Gasteiger partial charge is 0.306 e. The summed E-state index contributed by atoms with van der Waals surface area (Å²) in [7, 11) is 0. The molecule has 78 heavy (non-hydrogen) atoms. The molecule has 1 unspecified atom stereocenters. The van der Waals surface area contributed by atoms with Crippen molar-refractivity contribution in [3.63, 3.8) is 0 Å². The van der Waals surface area contributed by atoms with E-state index in [-0.39, 0.29) is 31.1 Å². The van der Waals surface area contributed by atoms with Gasteiger partial charge >= 0.3 is 17.9 Å². The van der Waals surface area contributed by atoms with Crippen LogP contribution in [0.3, 0.4) is 0 Å². The Bertz CT molecular complexity index is 1710. The SMILES string of the molecule is CC/C=C\C/C=C\C/C=C\C/C=C\C/C=C\C/C=C\C/C=C\C/C=C\CCCCCCCCCCCCC(=O)OCC(COC(=O)CCCCCCCC)OC(=O)CCCCCCCC/C=C\C/C=C\C/C=C\C/C=C\CC. The number of carbonyl (C=O) groups is 3. The molecule has 6 heteroatoms. The van der Waals surface area contributed by atoms with Gasteiger partial charge in [-0.1, -0.05) is 276 Å². The summed E-state index contributed by atoms with van der Waals surface area (Å²) in [5.41, 5.74) is 0. The third kappa shape index (κ3) is 62.1. The zero-order chi connectivity index (χ0) is 56.4. The van der Waals surface area contributed by atoms with E-state index >= 15 is 0 Å². The lowest BCUT2D eigenvalue weighted by Crippen LogP contribution is -2.30. The third-order valence-electron chi connectivity index (χ3n) is 13.1. The predicted octanol–water partition coefficient (Wildman–Crippen LogP) is 21.9. The summed E-state index contributed by atoms with van der Waals surface area (Å²) in [5.74, 6) is -0.918. The van der Waals surface area contributed by atoms with Gasteiger partial charge in [0.25, 0.3) is 0 Å². The molecule has 0 heterocycles. The highest BCUT2D eigenvalue weighted by atomic mass is 16.6. The molecule has 0 bridgehead atoms. The van der Waals surface area contributed by atoms with Crippen LogP contribution >= 0.6 is 0 Å². The Labute approximate surface area is 480 Å². The number of rotatable bonds is 56. The van der Waals surface area contributed by atoms with Gasteiger partial charge in [-0.05, 0) is 122 Å². The quantitative estimate of drug-likeness (QED) is 0.0261. The fraction of sp³-hybridized carbons (Fsp3) is 0.625. The Morgan fingerprint density at radius 1 is 0.269 bits per heavy atom. The fourth-order valence-electron chi connectivity index (χ4n) is 8.39. The molecular weight excluding hydrogens is 961 g/mol. The highest BCUT2D eigenvalue weighted by molar-refractivity contribution is 5.71. The van der Waals surface area contributed by atoms with Gasteiger partial charge in [0.05, 0.1) is 0 Å². The van der Waals surface area contributed by atoms with Crippen molar-refractivity contribution in [3.05, 3.63) is 146 Å². The molecule has 0 saturated carbocycles. The molecule has 0 aromatic carbocycles. The maximum atomic E-state index is 12.8. The summed E-state index contributed by atoms with van der Waals surface area (Å²) in [4.78, 5) is 38.0. The summed E-state index contributed by atoms with van der Waals surface area (Å²) >= 11 is 0. The van der Waals surface area contributed by atoms with Crippen LogP contribution in [0, 0.1) is 0 Å². The Hall–Kier alpha value is -4.71. The van der Waals surface area contributed by atoms with E-state index < -0.39 is 6.10 Å². The lowest BCUT2D eigenvalue weighted by Gasteiger charge is -2.18. The second kappa shape index (κ2) is 64.8. The molecule has 0 aliphatic heterocycles. The van der Waals surface area contributed by atoms with Crippen molar-refractivity contribution in [1.82, 2.24) is 0 Å². The maximum Gasteiger partial charge on any atom is 0.306 e. The molecule has 0 saturated heterocycles. The van der Waals surface area contributed by atoms with Crippen molar-refractivity contribution in [2.75, 3.05) is 13.2 Å². The van der Waals surface area contributed by atoms with Crippen LogP contribution in [-0.2, 0) is 28.6 Å². The first-order valence-corrected chi connectivity index (χ1v) is 31.8. The molecule has 0 rings (SSSR count). The largest absolute Gasteiger partial charge is 0.462 e. The second-order valence-corrected chi connectivity index (χ2v) is 20.6. The van der Waals surface area contributed by atoms with Crippen molar-refractivity contribution < 1.29 is 28.6 Å². The summed E-state index contributed by atoms with van der Waals surface area (Å²) < 4.78 is 16.8. The Balaban J connectivity index is 4.11. The molecule has 0 radical (unpaired) electrons. The highest BCUT2D eigenvalue weighted by Crippen LogP contribution is 2.15. The molecule has 0 fully saturated rings. The standard InChI is InChI=1S/C72H116O6/c1-4-7-10-13-16-18-20-22-24-26-28-29-30-31-32-33-34-35-36-37-38-39-40-41-42-43-45-46-48-50-52-54-56-59-62-65-71(74)77-68-69(67-76-70(73)64-61-58-15-12-9-6-3)78-72(75)66-63-60-57-55-53-51-49-47-44-27-25-23-21-19-17-14-11-8-5-2/h7-8,10-11,16-19,22-25,28-29,31-32,34-35,37-38,40-41,44,47,69H,4-6,9,12-15,20-21,26-27,30,33,36,39,42-43,45-46,48-68H2,1-3H3/b10-7-,11-8-,18-16-,19-17-,24-22-,25-23-,29-28-,32-31-,35-34-,38-37-,41-40-,47-44-. The van der Waals surface area contributed by atoms with E-state index in [4.69, 9.17) is 14.2 Å². The number of unbranched alkanes of at least 4 members (excludes halogenated alkanes) is 21. The number of ether oxygens (including phenoxy) is 3. The fourth-order valence-corrected chi connectivity index (χ4v) is 8.39. The molecule has 0 aliphatic rings. The molecule has 0 N–H and O–H groups in total. The number of esters is 3. The van der Waals surface area contributed by atoms with E-state index in [9.17, 15) is 14.4 Å². The first-order valence-electron chi connectivity index (χ1n) is 31.8. The molecule has 0 aliphatic carbocycles. The van der Waals surface area contributed by atoms with Crippen LogP contribution in [0.15, 0.2) is 146 Å². The summed E-state index contributed by atoms with van der Waals surface area (Å²) in [6, 6.07) is 0. The van der Waals surface area contributed by atoms with E-state index in [2.05, 4.69) is 167 Å². The average molecular weight is 1080 g/mol. The second-order valence-electron chi connectivity index (χ2n) is 20.6. The van der Waals surface area contributed by atoms with Crippen LogP contribution in [0.2, 0.25) is 0 Å². The van der Waals surface area contributed by atoms with Crippen LogP contribution in [0.1, 0.15) is 271 Å². The Morgan fingerprint density at radius 3 is 0.782 bits per heavy atom. The Kier molecular flexibility index (Phi) is 60.9. The number of hydrogen-bond acceptors (Lipinski definition) is 6. The van der Waals surface area contributed by atoms with Crippen LogP contribution in [0.4, 0.5) is 0 Å². The van der Waals surface area contributed by atoms with Gasteiger partial charge in [-0.25, -0.2) is 0 Å². The highest BCUT2D eigenvalue weighted by Gasteiger charge is 2.19. The van der Waals surface area contributed by atoms with E-state index in [1.54, 1.807) is 0 Å². The number of allylic oxidation sites excluding steroid dienone is 24. The van der Waals surface area contributed by atoms with Gasteiger partial charge in [-0.3, -0.25) is 14.4 Å². The van der Waals surface area contributed by atoms with Crippen LogP contribution in [0.5, 0.6) is 0 Å². The minimum atomic E-state index is -0.789. The van der Waals surface area contributed by atoms with Crippen molar-refractivity contribution in [2.24, 2.45) is 0 Å². The number of hydrogen-bond donors (Lipinski definition) is 0. The number of carbonyl (C=O) groups excluding carboxylic acids is 3. The van der Waals surface area contributed by atoms with Crippen molar-refractivity contribution in [1.29, 1.82) is 0 Å². The van der Waals surface area contributed by atoms with Gasteiger partial charge in [0.15, 0.2) is 6.10 Å². The van der Waals surface area contributed by atoms with Crippen molar-refractivity contribution >= 4 is 17.9 Å². The van der Waals surface area contributed by atoms with Crippen LogP contribution in [0.25, 0.3) is 0 Å². The summed E-state index contributed by atoms with van der Waals surface area (Å²) in [6.45, 7) is 6.33. The van der Waals surface area contributed by atoms with Gasteiger partial charge in [0.2, 0.25) is 0 Å². The van der Waals surface area contributed by atoms with Gasteiger partial charge in [0.1, 0.15) is 13.2 Å². The van der Waals surface area contributed by atoms with Gasteiger partial charge in [-0.15, -0.1) is 0 Å².